The molecule has 0 aliphatic heterocycles. The number of carbonyl (C=O) groups excluding carboxylic acids is 2. The van der Waals surface area contributed by atoms with Crippen molar-refractivity contribution in [3.8, 4) is 5.75 Å². The number of hydrogen-bond donors (Lipinski definition) is 0. The Hall–Kier alpha value is -1.88. The van der Waals surface area contributed by atoms with Gasteiger partial charge in [-0.2, -0.15) is 0 Å². The Morgan fingerprint density at radius 2 is 1.11 bits per heavy atom. The summed E-state index contributed by atoms with van der Waals surface area (Å²) in [5.41, 5.74) is 1.25. The lowest BCUT2D eigenvalue weighted by atomic mass is 10.1. The lowest BCUT2D eigenvalue weighted by Crippen LogP contribution is -2.27. The quantitative estimate of drug-likeness (QED) is 0.0472. The van der Waals surface area contributed by atoms with Crippen molar-refractivity contribution in [2.75, 3.05) is 26.2 Å². The van der Waals surface area contributed by atoms with Gasteiger partial charge >= 0.3 is 11.9 Å². The van der Waals surface area contributed by atoms with Gasteiger partial charge in [0.05, 0.1) is 6.61 Å². The Balaban J connectivity index is 1.99. The molecule has 0 radical (unpaired) electrons. The first-order valence-electron chi connectivity index (χ1n) is 18.8. The summed E-state index contributed by atoms with van der Waals surface area (Å²) in [6.07, 6.45) is 27.1. The molecular formula is C39H69NO4. The van der Waals surface area contributed by atoms with Crippen LogP contribution in [0.2, 0.25) is 0 Å². The highest BCUT2D eigenvalue weighted by atomic mass is 16.5. The topological polar surface area (TPSA) is 55.8 Å². The SMILES string of the molecule is CCCCCCCCCOC(=O)CCCCCCCN(CCC)CCCCCCCC(=O)Oc1cccc(CCCCC)c1. The number of esters is 2. The van der Waals surface area contributed by atoms with E-state index >= 15 is 0 Å². The molecule has 1 rings (SSSR count). The van der Waals surface area contributed by atoms with E-state index < -0.39 is 0 Å². The fraction of sp³-hybridized carbons (Fsp3) is 0.795. The van der Waals surface area contributed by atoms with E-state index in [1.165, 1.54) is 128 Å². The number of benzene rings is 1. The molecule has 0 fully saturated rings. The molecule has 0 bridgehead atoms. The number of unbranched alkanes of at least 4 members (excludes halogenated alkanes) is 16. The maximum absolute atomic E-state index is 12.3. The molecule has 5 nitrogen and oxygen atoms in total. The minimum absolute atomic E-state index is 0.0104. The Bertz CT molecular complexity index is 811. The highest BCUT2D eigenvalue weighted by Crippen LogP contribution is 2.17. The van der Waals surface area contributed by atoms with Crippen LogP contribution in [0.4, 0.5) is 0 Å². The molecule has 44 heavy (non-hydrogen) atoms. The van der Waals surface area contributed by atoms with Crippen molar-refractivity contribution in [3.05, 3.63) is 29.8 Å². The third-order valence-corrected chi connectivity index (χ3v) is 8.46. The standard InChI is InChI=1S/C39H69NO4/c1-4-7-9-10-11-18-24-34-43-38(41)29-20-14-12-16-22-32-40(31-6-3)33-23-17-13-15-21-30-39(42)44-37-28-25-27-36(35-37)26-19-8-5-2/h25,27-28,35H,4-24,26,29-34H2,1-3H3. The molecular weight excluding hydrogens is 546 g/mol. The Kier molecular flexibility index (Phi) is 27.2. The van der Waals surface area contributed by atoms with E-state index in [1.54, 1.807) is 0 Å². The lowest BCUT2D eigenvalue weighted by Gasteiger charge is -2.21. The number of nitrogens with zero attached hydrogens (tertiary/aromatic N) is 1. The lowest BCUT2D eigenvalue weighted by molar-refractivity contribution is -0.144. The van der Waals surface area contributed by atoms with Gasteiger partial charge in [0.15, 0.2) is 0 Å². The Labute approximate surface area is 272 Å². The van der Waals surface area contributed by atoms with Gasteiger partial charge in [0.2, 0.25) is 0 Å². The van der Waals surface area contributed by atoms with Crippen molar-refractivity contribution < 1.29 is 19.1 Å². The number of aryl methyl sites for hydroxylation is 1. The number of hydrogen-bond acceptors (Lipinski definition) is 5. The second kappa shape index (κ2) is 29.8. The zero-order valence-corrected chi connectivity index (χ0v) is 29.2. The highest BCUT2D eigenvalue weighted by Gasteiger charge is 2.07. The van der Waals surface area contributed by atoms with Crippen molar-refractivity contribution in [1.29, 1.82) is 0 Å². The van der Waals surface area contributed by atoms with E-state index in [1.807, 2.05) is 18.2 Å². The second-order valence-electron chi connectivity index (χ2n) is 12.8. The largest absolute Gasteiger partial charge is 0.466 e. The molecule has 0 N–H and O–H groups in total. The van der Waals surface area contributed by atoms with Crippen LogP contribution in [0.1, 0.15) is 174 Å². The van der Waals surface area contributed by atoms with Crippen LogP contribution < -0.4 is 4.74 Å². The highest BCUT2D eigenvalue weighted by molar-refractivity contribution is 5.72. The van der Waals surface area contributed by atoms with Crippen LogP contribution in [-0.2, 0) is 20.7 Å². The average molecular weight is 616 g/mol. The summed E-state index contributed by atoms with van der Waals surface area (Å²) in [6.45, 7) is 10.9. The van der Waals surface area contributed by atoms with E-state index in [-0.39, 0.29) is 11.9 Å². The summed E-state index contributed by atoms with van der Waals surface area (Å²) in [5.74, 6) is 0.571. The van der Waals surface area contributed by atoms with E-state index in [9.17, 15) is 9.59 Å². The summed E-state index contributed by atoms with van der Waals surface area (Å²) in [6, 6.07) is 8.02. The van der Waals surface area contributed by atoms with Crippen LogP contribution in [0, 0.1) is 0 Å². The van der Waals surface area contributed by atoms with Crippen LogP contribution in [0.25, 0.3) is 0 Å². The van der Waals surface area contributed by atoms with E-state index in [4.69, 9.17) is 9.47 Å². The van der Waals surface area contributed by atoms with E-state index in [2.05, 4.69) is 31.7 Å². The zero-order chi connectivity index (χ0) is 31.9. The predicted molar refractivity (Wildman–Crippen MR) is 186 cm³/mol. The van der Waals surface area contributed by atoms with Gasteiger partial charge in [0, 0.05) is 12.8 Å². The van der Waals surface area contributed by atoms with Crippen molar-refractivity contribution in [1.82, 2.24) is 4.90 Å². The second-order valence-corrected chi connectivity index (χ2v) is 12.8. The first kappa shape index (κ1) is 40.1. The monoisotopic (exact) mass is 616 g/mol. The minimum Gasteiger partial charge on any atom is -0.466 e. The smallest absolute Gasteiger partial charge is 0.311 e. The van der Waals surface area contributed by atoms with Gasteiger partial charge in [-0.1, -0.05) is 123 Å². The van der Waals surface area contributed by atoms with Crippen molar-refractivity contribution in [3.63, 3.8) is 0 Å². The van der Waals surface area contributed by atoms with Crippen molar-refractivity contribution in [2.24, 2.45) is 0 Å². The summed E-state index contributed by atoms with van der Waals surface area (Å²) >= 11 is 0. The Morgan fingerprint density at radius 3 is 1.75 bits per heavy atom. The summed E-state index contributed by atoms with van der Waals surface area (Å²) in [4.78, 5) is 26.9. The maximum Gasteiger partial charge on any atom is 0.311 e. The van der Waals surface area contributed by atoms with Gasteiger partial charge in [-0.05, 0) is 88.7 Å². The number of ether oxygens (including phenoxy) is 2. The third kappa shape index (κ3) is 24.4. The fourth-order valence-electron chi connectivity index (χ4n) is 5.77. The van der Waals surface area contributed by atoms with E-state index in [0.717, 1.165) is 38.5 Å². The molecule has 0 unspecified atom stereocenters. The van der Waals surface area contributed by atoms with E-state index in [0.29, 0.717) is 25.2 Å². The van der Waals surface area contributed by atoms with Gasteiger partial charge in [0.1, 0.15) is 5.75 Å². The van der Waals surface area contributed by atoms with Gasteiger partial charge < -0.3 is 14.4 Å². The van der Waals surface area contributed by atoms with Gasteiger partial charge in [-0.25, -0.2) is 0 Å². The van der Waals surface area contributed by atoms with Crippen LogP contribution >= 0.6 is 0 Å². The molecule has 0 aliphatic carbocycles. The molecule has 5 heteroatoms. The van der Waals surface area contributed by atoms with Gasteiger partial charge in [0.25, 0.3) is 0 Å². The van der Waals surface area contributed by atoms with Gasteiger partial charge in [-0.15, -0.1) is 0 Å². The molecule has 1 aromatic carbocycles. The molecule has 0 aliphatic rings. The van der Waals surface area contributed by atoms with Crippen molar-refractivity contribution in [2.45, 2.75) is 175 Å². The maximum atomic E-state index is 12.3. The molecule has 0 aromatic heterocycles. The van der Waals surface area contributed by atoms with Crippen LogP contribution in [0.15, 0.2) is 24.3 Å². The van der Waals surface area contributed by atoms with Crippen LogP contribution in [0.5, 0.6) is 5.75 Å². The fourth-order valence-corrected chi connectivity index (χ4v) is 5.77. The average Bonchev–Trinajstić information content (AvgIpc) is 3.01. The summed E-state index contributed by atoms with van der Waals surface area (Å²) in [5, 5.41) is 0. The Morgan fingerprint density at radius 1 is 0.568 bits per heavy atom. The summed E-state index contributed by atoms with van der Waals surface area (Å²) in [7, 11) is 0. The first-order chi connectivity index (χ1) is 21.6. The molecule has 0 saturated carbocycles. The zero-order valence-electron chi connectivity index (χ0n) is 29.2. The first-order valence-corrected chi connectivity index (χ1v) is 18.8. The van der Waals surface area contributed by atoms with Crippen molar-refractivity contribution >= 4 is 11.9 Å². The normalized spacial score (nSPS) is 11.3. The summed E-state index contributed by atoms with van der Waals surface area (Å²) < 4.78 is 11.0. The number of rotatable bonds is 31. The van der Waals surface area contributed by atoms with Crippen LogP contribution in [0.3, 0.4) is 0 Å². The number of carbonyl (C=O) groups is 2. The molecule has 0 spiro atoms. The predicted octanol–water partition coefficient (Wildman–Crippen LogP) is 11.0. The molecule has 254 valence electrons. The minimum atomic E-state index is -0.108. The molecule has 0 saturated heterocycles. The molecule has 0 atom stereocenters. The third-order valence-electron chi connectivity index (χ3n) is 8.46. The molecule has 1 aromatic rings. The molecule has 0 heterocycles. The van der Waals surface area contributed by atoms with Crippen LogP contribution in [-0.4, -0.2) is 43.1 Å². The van der Waals surface area contributed by atoms with Gasteiger partial charge in [-0.3, -0.25) is 9.59 Å². The molecule has 0 amide bonds.